The van der Waals surface area contributed by atoms with E-state index >= 15 is 0 Å². The van der Waals surface area contributed by atoms with Gasteiger partial charge in [-0.15, -0.1) is 0 Å². The van der Waals surface area contributed by atoms with Gasteiger partial charge >= 0.3 is 0 Å². The Morgan fingerprint density at radius 2 is 1.92 bits per heavy atom. The number of nitrogens with zero attached hydrogens (tertiary/aromatic N) is 1. The van der Waals surface area contributed by atoms with Crippen LogP contribution in [0.4, 0.5) is 0 Å². The predicted octanol–water partition coefficient (Wildman–Crippen LogP) is 0.984. The Balaban J connectivity index is 3.28. The van der Waals surface area contributed by atoms with Gasteiger partial charge in [0.05, 0.1) is 0 Å². The molecule has 0 atom stereocenters. The zero-order valence-electron chi connectivity index (χ0n) is 7.19. The second kappa shape index (κ2) is 3.71. The first-order valence-corrected chi connectivity index (χ1v) is 3.74. The molecule has 4 heteroatoms. The lowest BCUT2D eigenvalue weighted by Crippen LogP contribution is -2.16. The Morgan fingerprint density at radius 1 is 1.38 bits per heavy atom. The van der Waals surface area contributed by atoms with Gasteiger partial charge in [0.25, 0.3) is 0 Å². The maximum Gasteiger partial charge on any atom is 0.170 e. The quantitative estimate of drug-likeness (QED) is 0.233. The number of ketones is 1. The average Bonchev–Trinajstić information content (AvgIpc) is 2.16. The van der Waals surface area contributed by atoms with Crippen LogP contribution in [0.3, 0.4) is 0 Å². The molecule has 0 radical (unpaired) electrons. The molecular weight excluding hydrogens is 168 g/mol. The predicted molar refractivity (Wildman–Crippen MR) is 49.0 cm³/mol. The number of nitrogens with two attached hydrogens (primary N) is 1. The molecular formula is C9H10N2O2. The van der Waals surface area contributed by atoms with Crippen molar-refractivity contribution >= 4 is 11.6 Å². The lowest BCUT2D eigenvalue weighted by Gasteiger charge is -2.03. The smallest absolute Gasteiger partial charge is 0.170 e. The molecule has 0 aliphatic carbocycles. The van der Waals surface area contributed by atoms with Crippen molar-refractivity contribution in [2.75, 3.05) is 0 Å². The lowest BCUT2D eigenvalue weighted by molar-refractivity contribution is 0.101. The first-order chi connectivity index (χ1) is 6.16. The monoisotopic (exact) mass is 178 g/mol. The van der Waals surface area contributed by atoms with Gasteiger partial charge in [-0.3, -0.25) is 4.79 Å². The minimum absolute atomic E-state index is 0.0502. The average molecular weight is 178 g/mol. The van der Waals surface area contributed by atoms with E-state index in [1.165, 1.54) is 6.92 Å². The molecule has 0 saturated carbocycles. The van der Waals surface area contributed by atoms with Crippen LogP contribution in [-0.2, 0) is 0 Å². The summed E-state index contributed by atoms with van der Waals surface area (Å²) >= 11 is 0. The number of hydrogen-bond acceptors (Lipinski definition) is 3. The molecule has 3 N–H and O–H groups in total. The van der Waals surface area contributed by atoms with Crippen LogP contribution in [0.2, 0.25) is 0 Å². The summed E-state index contributed by atoms with van der Waals surface area (Å²) in [6.07, 6.45) is 0. The first-order valence-electron chi connectivity index (χ1n) is 3.74. The third-order valence-corrected chi connectivity index (χ3v) is 1.69. The van der Waals surface area contributed by atoms with Gasteiger partial charge in [-0.2, -0.15) is 0 Å². The summed E-state index contributed by atoms with van der Waals surface area (Å²) in [7, 11) is 0. The van der Waals surface area contributed by atoms with Crippen molar-refractivity contribution in [1.82, 2.24) is 0 Å². The second-order valence-corrected chi connectivity index (χ2v) is 2.59. The van der Waals surface area contributed by atoms with Crippen molar-refractivity contribution < 1.29 is 10.0 Å². The molecule has 1 aromatic rings. The van der Waals surface area contributed by atoms with E-state index in [0.29, 0.717) is 11.1 Å². The highest BCUT2D eigenvalue weighted by Crippen LogP contribution is 2.08. The minimum atomic E-state index is -0.109. The summed E-state index contributed by atoms with van der Waals surface area (Å²) in [4.78, 5) is 11.1. The molecule has 0 saturated heterocycles. The topological polar surface area (TPSA) is 75.7 Å². The Hall–Kier alpha value is -1.84. The van der Waals surface area contributed by atoms with Gasteiger partial charge in [-0.05, 0) is 6.92 Å². The van der Waals surface area contributed by atoms with Crippen LogP contribution in [0.15, 0.2) is 29.4 Å². The van der Waals surface area contributed by atoms with E-state index < -0.39 is 0 Å². The molecule has 4 nitrogen and oxygen atoms in total. The van der Waals surface area contributed by atoms with Gasteiger partial charge in [0.2, 0.25) is 0 Å². The number of Topliss-reactive ketones (excluding diaryl/α,β-unsaturated/α-hetero) is 1. The molecule has 1 rings (SSSR count). The van der Waals surface area contributed by atoms with E-state index in [1.54, 1.807) is 24.3 Å². The van der Waals surface area contributed by atoms with Crippen LogP contribution in [0.5, 0.6) is 0 Å². The van der Waals surface area contributed by atoms with E-state index in [9.17, 15) is 4.79 Å². The molecule has 0 heterocycles. The van der Waals surface area contributed by atoms with Crippen molar-refractivity contribution in [2.24, 2.45) is 10.9 Å². The van der Waals surface area contributed by atoms with E-state index in [2.05, 4.69) is 5.16 Å². The number of oxime groups is 1. The van der Waals surface area contributed by atoms with Gasteiger partial charge in [-0.25, -0.2) is 0 Å². The molecule has 0 aromatic heterocycles. The molecule has 0 aliphatic rings. The summed E-state index contributed by atoms with van der Waals surface area (Å²) in [5, 5.41) is 11.3. The number of carbonyl (C=O) groups is 1. The van der Waals surface area contributed by atoms with Crippen LogP contribution in [-0.4, -0.2) is 16.8 Å². The molecule has 0 amide bonds. The van der Waals surface area contributed by atoms with Gasteiger partial charge in [0, 0.05) is 11.1 Å². The zero-order valence-corrected chi connectivity index (χ0v) is 7.19. The van der Waals surface area contributed by atoms with Crippen molar-refractivity contribution in [3.63, 3.8) is 0 Å². The maximum absolute atomic E-state index is 11.1. The summed E-state index contributed by atoms with van der Waals surface area (Å²) in [6, 6.07) is 6.71. The van der Waals surface area contributed by atoms with Crippen molar-refractivity contribution in [3.05, 3.63) is 35.4 Å². The normalized spacial score (nSPS) is 11.3. The van der Waals surface area contributed by atoms with Crippen molar-refractivity contribution in [2.45, 2.75) is 6.92 Å². The molecule has 0 bridgehead atoms. The Labute approximate surface area is 75.7 Å². The highest BCUT2D eigenvalue weighted by atomic mass is 16.4. The van der Waals surface area contributed by atoms with Gasteiger partial charge < -0.3 is 10.9 Å². The minimum Gasteiger partial charge on any atom is -0.409 e. The summed E-state index contributed by atoms with van der Waals surface area (Å²) in [5.41, 5.74) is 6.29. The molecule has 0 spiro atoms. The Bertz CT molecular complexity index is 358. The van der Waals surface area contributed by atoms with Crippen molar-refractivity contribution in [1.29, 1.82) is 0 Å². The van der Waals surface area contributed by atoms with Gasteiger partial charge in [0.1, 0.15) is 0 Å². The van der Waals surface area contributed by atoms with Crippen LogP contribution in [0, 0.1) is 0 Å². The fraction of sp³-hybridized carbons (Fsp3) is 0.111. The van der Waals surface area contributed by atoms with Crippen LogP contribution < -0.4 is 5.73 Å². The molecule has 0 unspecified atom stereocenters. The number of carbonyl (C=O) groups excluding carboxylic acids is 1. The SMILES string of the molecule is CC(=O)c1ccccc1C(N)=NO. The fourth-order valence-corrected chi connectivity index (χ4v) is 1.07. The summed E-state index contributed by atoms with van der Waals surface area (Å²) < 4.78 is 0. The first kappa shape index (κ1) is 9.25. The molecule has 0 aliphatic heterocycles. The zero-order chi connectivity index (χ0) is 9.84. The largest absolute Gasteiger partial charge is 0.409 e. The standard InChI is InChI=1S/C9H10N2O2/c1-6(12)7-4-2-3-5-8(7)9(10)11-13/h2-5,13H,1H3,(H2,10,11). The van der Waals surface area contributed by atoms with Gasteiger partial charge in [0.15, 0.2) is 11.6 Å². The molecule has 13 heavy (non-hydrogen) atoms. The van der Waals surface area contributed by atoms with E-state index in [-0.39, 0.29) is 11.6 Å². The highest BCUT2D eigenvalue weighted by molar-refractivity contribution is 6.08. The Morgan fingerprint density at radius 3 is 2.38 bits per heavy atom. The van der Waals surface area contributed by atoms with Crippen LogP contribution in [0.1, 0.15) is 22.8 Å². The van der Waals surface area contributed by atoms with Crippen LogP contribution in [0.25, 0.3) is 0 Å². The number of benzene rings is 1. The third kappa shape index (κ3) is 1.84. The van der Waals surface area contributed by atoms with Gasteiger partial charge in [-0.1, -0.05) is 29.4 Å². The van der Waals surface area contributed by atoms with Crippen molar-refractivity contribution in [3.8, 4) is 0 Å². The number of rotatable bonds is 2. The second-order valence-electron chi connectivity index (χ2n) is 2.59. The fourth-order valence-electron chi connectivity index (χ4n) is 1.07. The summed E-state index contributed by atoms with van der Waals surface area (Å²) in [5.74, 6) is -0.159. The van der Waals surface area contributed by atoms with E-state index in [1.807, 2.05) is 0 Å². The maximum atomic E-state index is 11.1. The number of amidine groups is 1. The number of hydrogen-bond donors (Lipinski definition) is 2. The third-order valence-electron chi connectivity index (χ3n) is 1.69. The summed E-state index contributed by atoms with van der Waals surface area (Å²) in [6.45, 7) is 1.43. The van der Waals surface area contributed by atoms with E-state index in [0.717, 1.165) is 0 Å². The Kier molecular flexibility index (Phi) is 2.64. The lowest BCUT2D eigenvalue weighted by atomic mass is 10.0. The molecule has 68 valence electrons. The van der Waals surface area contributed by atoms with E-state index in [4.69, 9.17) is 10.9 Å². The molecule has 0 fully saturated rings. The highest BCUT2D eigenvalue weighted by Gasteiger charge is 2.08. The molecule has 1 aromatic carbocycles. The van der Waals surface area contributed by atoms with Crippen LogP contribution >= 0.6 is 0 Å².